The van der Waals surface area contributed by atoms with Crippen LogP contribution in [0.15, 0.2) is 20.7 Å². The lowest BCUT2D eigenvalue weighted by Gasteiger charge is -2.38. The van der Waals surface area contributed by atoms with Crippen molar-refractivity contribution >= 4 is 21.8 Å². The highest BCUT2D eigenvalue weighted by Gasteiger charge is 2.48. The molecule has 1 fully saturated rings. The number of piperazine rings is 1. The van der Waals surface area contributed by atoms with Crippen molar-refractivity contribution in [1.82, 2.24) is 19.6 Å². The SMILES string of the molecule is CC1(C)C(=O)NC(=O)CN1S(=O)(=O)c1c[nH]c(=O)[nH]c1=O. The number of amides is 2. The molecule has 0 aliphatic carbocycles. The number of H-pyrrole nitrogens is 2. The molecule has 1 aliphatic rings. The van der Waals surface area contributed by atoms with Crippen molar-refractivity contribution in [3.63, 3.8) is 0 Å². The lowest BCUT2D eigenvalue weighted by molar-refractivity contribution is -0.141. The third kappa shape index (κ3) is 2.40. The molecule has 0 bridgehead atoms. The number of aromatic nitrogens is 2. The van der Waals surface area contributed by atoms with Crippen LogP contribution in [-0.2, 0) is 19.6 Å². The van der Waals surface area contributed by atoms with Gasteiger partial charge in [-0.2, -0.15) is 4.31 Å². The van der Waals surface area contributed by atoms with E-state index in [4.69, 9.17) is 0 Å². The molecule has 2 rings (SSSR count). The Morgan fingerprint density at radius 2 is 1.81 bits per heavy atom. The van der Waals surface area contributed by atoms with Crippen LogP contribution in [0.4, 0.5) is 0 Å². The summed E-state index contributed by atoms with van der Waals surface area (Å²) in [6, 6.07) is 0. The number of carbonyl (C=O) groups is 2. The topological polar surface area (TPSA) is 149 Å². The standard InChI is InChI=1S/C10H12N4O6S/c1-10(2)8(17)12-6(15)4-14(10)21(19,20)5-3-11-9(18)13-7(5)16/h3H,4H2,1-2H3,(H,12,15,17)(H2,11,13,16,18). The number of hydrogen-bond donors (Lipinski definition) is 3. The molecule has 0 atom stereocenters. The summed E-state index contributed by atoms with van der Waals surface area (Å²) in [6.07, 6.45) is 0.726. The van der Waals surface area contributed by atoms with Gasteiger partial charge in [-0.05, 0) is 13.8 Å². The van der Waals surface area contributed by atoms with Gasteiger partial charge in [-0.3, -0.25) is 24.7 Å². The zero-order valence-electron chi connectivity index (χ0n) is 11.1. The number of carbonyl (C=O) groups excluding carboxylic acids is 2. The highest BCUT2D eigenvalue weighted by molar-refractivity contribution is 7.89. The lowest BCUT2D eigenvalue weighted by atomic mass is 10.0. The summed E-state index contributed by atoms with van der Waals surface area (Å²) in [5.74, 6) is -1.60. The van der Waals surface area contributed by atoms with E-state index in [0.29, 0.717) is 4.31 Å². The number of nitrogens with one attached hydrogen (secondary N) is 3. The van der Waals surface area contributed by atoms with E-state index < -0.39 is 50.1 Å². The molecule has 114 valence electrons. The third-order valence-corrected chi connectivity index (χ3v) is 5.10. The second-order valence-corrected chi connectivity index (χ2v) is 6.71. The van der Waals surface area contributed by atoms with Crippen LogP contribution in [0.1, 0.15) is 13.8 Å². The zero-order chi connectivity index (χ0) is 16.0. The Morgan fingerprint density at radius 1 is 1.19 bits per heavy atom. The Kier molecular flexibility index (Phi) is 3.34. The molecule has 0 radical (unpaired) electrons. The molecule has 0 aromatic carbocycles. The average molecular weight is 316 g/mol. The summed E-state index contributed by atoms with van der Waals surface area (Å²) in [7, 11) is -4.45. The average Bonchev–Trinajstić information content (AvgIpc) is 2.33. The molecule has 1 aromatic rings. The van der Waals surface area contributed by atoms with E-state index in [1.54, 1.807) is 4.98 Å². The quantitative estimate of drug-likeness (QED) is 0.513. The van der Waals surface area contributed by atoms with Gasteiger partial charge in [0.1, 0.15) is 5.54 Å². The number of aromatic amines is 2. The predicted octanol–water partition coefficient (Wildman–Crippen LogP) is -2.51. The molecule has 1 aliphatic heterocycles. The minimum atomic E-state index is -4.45. The first-order valence-electron chi connectivity index (χ1n) is 5.76. The molecule has 3 N–H and O–H groups in total. The number of rotatable bonds is 2. The van der Waals surface area contributed by atoms with Gasteiger partial charge in [0.2, 0.25) is 11.8 Å². The maximum absolute atomic E-state index is 12.5. The fraction of sp³-hybridized carbons (Fsp3) is 0.400. The van der Waals surface area contributed by atoms with Gasteiger partial charge in [-0.25, -0.2) is 13.2 Å². The lowest BCUT2D eigenvalue weighted by Crippen LogP contribution is -2.65. The van der Waals surface area contributed by atoms with Crippen LogP contribution in [0.3, 0.4) is 0 Å². The molecule has 11 heteroatoms. The summed E-state index contributed by atoms with van der Waals surface area (Å²) in [5, 5.41) is 2.02. The van der Waals surface area contributed by atoms with Gasteiger partial charge in [0.25, 0.3) is 15.6 Å². The Bertz CT molecular complexity index is 834. The van der Waals surface area contributed by atoms with Gasteiger partial charge in [0, 0.05) is 6.20 Å². The minimum absolute atomic E-state index is 0.611. The van der Waals surface area contributed by atoms with Gasteiger partial charge in [-0.15, -0.1) is 0 Å². The van der Waals surface area contributed by atoms with Crippen LogP contribution in [0.25, 0.3) is 0 Å². The van der Waals surface area contributed by atoms with Crippen LogP contribution < -0.4 is 16.6 Å². The summed E-state index contributed by atoms with van der Waals surface area (Å²) in [6.45, 7) is 1.98. The van der Waals surface area contributed by atoms with E-state index in [1.165, 1.54) is 13.8 Å². The zero-order valence-corrected chi connectivity index (χ0v) is 11.9. The van der Waals surface area contributed by atoms with Crippen molar-refractivity contribution in [2.45, 2.75) is 24.3 Å². The first-order valence-corrected chi connectivity index (χ1v) is 7.20. The largest absolute Gasteiger partial charge is 0.325 e. The van der Waals surface area contributed by atoms with Gasteiger partial charge >= 0.3 is 5.69 Å². The van der Waals surface area contributed by atoms with Crippen molar-refractivity contribution in [2.75, 3.05) is 6.54 Å². The second-order valence-electron chi connectivity index (χ2n) is 4.88. The Balaban J connectivity index is 2.62. The predicted molar refractivity (Wildman–Crippen MR) is 68.8 cm³/mol. The highest BCUT2D eigenvalue weighted by atomic mass is 32.2. The van der Waals surface area contributed by atoms with Crippen molar-refractivity contribution in [3.8, 4) is 0 Å². The van der Waals surface area contributed by atoms with E-state index in [0.717, 1.165) is 6.20 Å². The van der Waals surface area contributed by atoms with Crippen LogP contribution in [0.2, 0.25) is 0 Å². The summed E-state index contributed by atoms with van der Waals surface area (Å²) in [5.41, 5.74) is -3.56. The third-order valence-electron chi connectivity index (χ3n) is 3.07. The number of sulfonamides is 1. The highest BCUT2D eigenvalue weighted by Crippen LogP contribution is 2.24. The molecule has 21 heavy (non-hydrogen) atoms. The molecular formula is C10H12N4O6S. The maximum Gasteiger partial charge on any atom is 0.325 e. The normalized spacial score (nSPS) is 19.3. The number of imide groups is 1. The van der Waals surface area contributed by atoms with E-state index in [1.807, 2.05) is 10.3 Å². The Labute approximate surface area is 118 Å². The van der Waals surface area contributed by atoms with Gasteiger partial charge in [0.05, 0.1) is 6.54 Å². The summed E-state index contributed by atoms with van der Waals surface area (Å²) >= 11 is 0. The number of nitrogens with zero attached hydrogens (tertiary/aromatic N) is 1. The monoisotopic (exact) mass is 316 g/mol. The van der Waals surface area contributed by atoms with E-state index >= 15 is 0 Å². The molecule has 2 amide bonds. The molecule has 2 heterocycles. The summed E-state index contributed by atoms with van der Waals surface area (Å²) < 4.78 is 25.6. The molecular weight excluding hydrogens is 304 g/mol. The minimum Gasteiger partial charge on any atom is -0.313 e. The molecule has 1 aromatic heterocycles. The van der Waals surface area contributed by atoms with Crippen LogP contribution in [0, 0.1) is 0 Å². The molecule has 1 saturated heterocycles. The van der Waals surface area contributed by atoms with E-state index in [9.17, 15) is 27.6 Å². The van der Waals surface area contributed by atoms with E-state index in [-0.39, 0.29) is 0 Å². The van der Waals surface area contributed by atoms with Crippen LogP contribution in [0.5, 0.6) is 0 Å². The first kappa shape index (κ1) is 15.1. The Morgan fingerprint density at radius 3 is 2.38 bits per heavy atom. The molecule has 0 saturated carbocycles. The van der Waals surface area contributed by atoms with Crippen LogP contribution >= 0.6 is 0 Å². The smallest absolute Gasteiger partial charge is 0.313 e. The van der Waals surface area contributed by atoms with Crippen molar-refractivity contribution in [1.29, 1.82) is 0 Å². The fourth-order valence-corrected chi connectivity index (χ4v) is 3.56. The second kappa shape index (κ2) is 4.63. The van der Waals surface area contributed by atoms with Gasteiger partial charge in [-0.1, -0.05) is 0 Å². The molecule has 10 nitrogen and oxygen atoms in total. The molecule has 0 unspecified atom stereocenters. The Hall–Kier alpha value is -2.27. The van der Waals surface area contributed by atoms with Crippen molar-refractivity contribution < 1.29 is 18.0 Å². The first-order chi connectivity index (χ1) is 9.56. The van der Waals surface area contributed by atoms with Crippen molar-refractivity contribution in [2.24, 2.45) is 0 Å². The molecule has 0 spiro atoms. The van der Waals surface area contributed by atoms with Crippen LogP contribution in [-0.4, -0.2) is 46.6 Å². The van der Waals surface area contributed by atoms with Gasteiger partial charge < -0.3 is 4.98 Å². The van der Waals surface area contributed by atoms with E-state index in [2.05, 4.69) is 0 Å². The van der Waals surface area contributed by atoms with Gasteiger partial charge in [0.15, 0.2) is 4.90 Å². The number of hydrogen-bond acceptors (Lipinski definition) is 6. The fourth-order valence-electron chi connectivity index (χ4n) is 1.85. The maximum atomic E-state index is 12.5. The summed E-state index contributed by atoms with van der Waals surface area (Å²) in [4.78, 5) is 48.8. The van der Waals surface area contributed by atoms with Crippen molar-refractivity contribution in [3.05, 3.63) is 27.0 Å².